The van der Waals surface area contributed by atoms with E-state index in [1.165, 1.54) is 11.8 Å². The molecule has 1 aliphatic heterocycles. The zero-order valence-electron chi connectivity index (χ0n) is 14.4. The summed E-state index contributed by atoms with van der Waals surface area (Å²) in [4.78, 5) is 25.6. The molecule has 0 atom stereocenters. The van der Waals surface area contributed by atoms with E-state index in [1.807, 2.05) is 30.3 Å². The molecule has 0 radical (unpaired) electrons. The Bertz CT molecular complexity index is 587. The van der Waals surface area contributed by atoms with Gasteiger partial charge in [-0.25, -0.2) is 0 Å². The molecule has 1 fully saturated rings. The van der Waals surface area contributed by atoms with E-state index in [2.05, 4.69) is 17.1 Å². The molecule has 0 aromatic heterocycles. The number of rotatable bonds is 6. The van der Waals surface area contributed by atoms with E-state index in [9.17, 15) is 9.59 Å². The Balaban J connectivity index is 1.58. The first-order valence-corrected chi connectivity index (χ1v) is 9.82. The number of likely N-dealkylation sites (tertiary alicyclic amines) is 1. The zero-order valence-corrected chi connectivity index (χ0v) is 16.0. The van der Waals surface area contributed by atoms with Crippen molar-refractivity contribution in [1.29, 1.82) is 0 Å². The summed E-state index contributed by atoms with van der Waals surface area (Å²) in [5.74, 6) is 0.141. The number of ether oxygens (including phenoxy) is 1. The third kappa shape index (κ3) is 7.44. The highest BCUT2D eigenvalue weighted by Crippen LogP contribution is 2.20. The van der Waals surface area contributed by atoms with Crippen LogP contribution in [0.15, 0.2) is 30.3 Å². The Morgan fingerprint density at radius 3 is 2.64 bits per heavy atom. The van der Waals surface area contributed by atoms with Gasteiger partial charge in [-0.3, -0.25) is 9.59 Å². The lowest BCUT2D eigenvalue weighted by atomic mass is 10.00. The van der Waals surface area contributed by atoms with E-state index >= 15 is 0 Å². The molecule has 1 heterocycles. The third-order valence-corrected chi connectivity index (χ3v) is 5.55. The summed E-state index contributed by atoms with van der Waals surface area (Å²) in [5.41, 5.74) is 0.999. The Morgan fingerprint density at radius 1 is 1.28 bits per heavy atom. The predicted molar refractivity (Wildman–Crippen MR) is 104 cm³/mol. The van der Waals surface area contributed by atoms with Crippen LogP contribution in [0.25, 0.3) is 0 Å². The molecule has 1 aromatic rings. The van der Waals surface area contributed by atoms with Gasteiger partial charge in [-0.1, -0.05) is 61.2 Å². The van der Waals surface area contributed by atoms with Crippen LogP contribution in [0.4, 0.5) is 0 Å². The van der Waals surface area contributed by atoms with Crippen LogP contribution < -0.4 is 5.32 Å². The lowest BCUT2D eigenvalue weighted by molar-refractivity contribution is -0.145. The van der Waals surface area contributed by atoms with Crippen molar-refractivity contribution in [3.63, 3.8) is 0 Å². The van der Waals surface area contributed by atoms with Gasteiger partial charge in [-0.2, -0.15) is 0 Å². The van der Waals surface area contributed by atoms with Crippen molar-refractivity contribution in [2.45, 2.75) is 26.3 Å². The summed E-state index contributed by atoms with van der Waals surface area (Å²) in [6.07, 6.45) is 2.26. The lowest BCUT2D eigenvalue weighted by Gasteiger charge is -2.31. The van der Waals surface area contributed by atoms with Crippen LogP contribution in [-0.4, -0.2) is 46.5 Å². The molecule has 0 unspecified atom stereocenters. The van der Waals surface area contributed by atoms with Gasteiger partial charge in [0.1, 0.15) is 4.32 Å². The molecular formula is C18H24N2O3S2. The normalized spacial score (nSPS) is 14.8. The highest BCUT2D eigenvalue weighted by atomic mass is 32.2. The average Bonchev–Trinajstić information content (AvgIpc) is 2.64. The highest BCUT2D eigenvalue weighted by Gasteiger charge is 2.19. The molecule has 1 saturated heterocycles. The van der Waals surface area contributed by atoms with E-state index in [1.54, 1.807) is 0 Å². The molecule has 25 heavy (non-hydrogen) atoms. The largest absolute Gasteiger partial charge is 0.455 e. The molecule has 1 N–H and O–H groups in total. The summed E-state index contributed by atoms with van der Waals surface area (Å²) >= 11 is 6.67. The second-order valence-corrected chi connectivity index (χ2v) is 7.76. The van der Waals surface area contributed by atoms with E-state index < -0.39 is 5.97 Å². The highest BCUT2D eigenvalue weighted by molar-refractivity contribution is 8.23. The zero-order chi connectivity index (χ0) is 18.1. The summed E-state index contributed by atoms with van der Waals surface area (Å²) in [5, 5.41) is 2.72. The summed E-state index contributed by atoms with van der Waals surface area (Å²) in [6, 6.07) is 9.57. The Kier molecular flexibility index (Phi) is 8.21. The number of esters is 1. The molecule has 1 aromatic carbocycles. The van der Waals surface area contributed by atoms with Gasteiger partial charge in [0.15, 0.2) is 6.61 Å². The molecule has 1 aliphatic rings. The van der Waals surface area contributed by atoms with Crippen molar-refractivity contribution in [2.24, 2.45) is 5.92 Å². The standard InChI is InChI=1S/C18H24N2O3S2/c1-14-7-9-20(10-8-14)18(24)25-13-17(22)23-12-16(21)19-11-15-5-3-2-4-6-15/h2-6,14H,7-13H2,1H3,(H,19,21). The Hall–Kier alpha value is -1.60. The van der Waals surface area contributed by atoms with Crippen molar-refractivity contribution in [3.8, 4) is 0 Å². The van der Waals surface area contributed by atoms with E-state index in [-0.39, 0.29) is 18.3 Å². The first-order valence-electron chi connectivity index (χ1n) is 8.42. The van der Waals surface area contributed by atoms with Crippen LogP contribution >= 0.6 is 24.0 Å². The van der Waals surface area contributed by atoms with E-state index in [0.29, 0.717) is 6.54 Å². The molecule has 5 nitrogen and oxygen atoms in total. The molecule has 0 spiro atoms. The van der Waals surface area contributed by atoms with Gasteiger partial charge in [0, 0.05) is 19.6 Å². The van der Waals surface area contributed by atoms with Crippen molar-refractivity contribution in [3.05, 3.63) is 35.9 Å². The number of carbonyl (C=O) groups excluding carboxylic acids is 2. The van der Waals surface area contributed by atoms with Gasteiger partial charge in [-0.15, -0.1) is 0 Å². The maximum atomic E-state index is 11.8. The van der Waals surface area contributed by atoms with Gasteiger partial charge < -0.3 is 15.0 Å². The number of carbonyl (C=O) groups is 2. The number of benzene rings is 1. The van der Waals surface area contributed by atoms with E-state index in [4.69, 9.17) is 17.0 Å². The van der Waals surface area contributed by atoms with Gasteiger partial charge in [-0.05, 0) is 24.3 Å². The van der Waals surface area contributed by atoms with Crippen LogP contribution in [0.5, 0.6) is 0 Å². The van der Waals surface area contributed by atoms with Crippen LogP contribution in [-0.2, 0) is 20.9 Å². The number of thiocarbonyl (C=S) groups is 1. The summed E-state index contributed by atoms with van der Waals surface area (Å²) in [6.45, 7) is 4.30. The van der Waals surface area contributed by atoms with Crippen molar-refractivity contribution in [2.75, 3.05) is 25.4 Å². The third-order valence-electron chi connectivity index (χ3n) is 4.05. The number of thioether (sulfide) groups is 1. The molecule has 1 amide bonds. The van der Waals surface area contributed by atoms with E-state index in [0.717, 1.165) is 41.7 Å². The van der Waals surface area contributed by atoms with Crippen LogP contribution in [0.1, 0.15) is 25.3 Å². The maximum Gasteiger partial charge on any atom is 0.316 e. The second-order valence-electron chi connectivity index (χ2n) is 6.15. The number of hydrogen-bond acceptors (Lipinski definition) is 5. The van der Waals surface area contributed by atoms with Crippen LogP contribution in [0.2, 0.25) is 0 Å². The molecule has 2 rings (SSSR count). The van der Waals surface area contributed by atoms with Gasteiger partial charge in [0.25, 0.3) is 5.91 Å². The van der Waals surface area contributed by atoms with Crippen LogP contribution in [0.3, 0.4) is 0 Å². The van der Waals surface area contributed by atoms with Gasteiger partial charge in [0.05, 0.1) is 5.75 Å². The SMILES string of the molecule is CC1CCN(C(=S)SCC(=O)OCC(=O)NCc2ccccc2)CC1. The molecule has 0 saturated carbocycles. The molecule has 7 heteroatoms. The maximum absolute atomic E-state index is 11.8. The molecular weight excluding hydrogens is 356 g/mol. The number of nitrogens with zero attached hydrogens (tertiary/aromatic N) is 1. The number of amides is 1. The monoisotopic (exact) mass is 380 g/mol. The minimum Gasteiger partial charge on any atom is -0.455 e. The fraction of sp³-hybridized carbons (Fsp3) is 0.500. The van der Waals surface area contributed by atoms with Crippen LogP contribution in [0, 0.1) is 5.92 Å². The van der Waals surface area contributed by atoms with Gasteiger partial charge in [0.2, 0.25) is 0 Å². The second kappa shape index (κ2) is 10.4. The quantitative estimate of drug-likeness (QED) is 0.605. The molecule has 0 aliphatic carbocycles. The van der Waals surface area contributed by atoms with Gasteiger partial charge >= 0.3 is 5.97 Å². The minimum atomic E-state index is -0.424. The molecule has 136 valence electrons. The number of nitrogens with one attached hydrogen (secondary N) is 1. The first kappa shape index (κ1) is 19.7. The Morgan fingerprint density at radius 2 is 1.96 bits per heavy atom. The number of hydrogen-bond donors (Lipinski definition) is 1. The average molecular weight is 381 g/mol. The van der Waals surface area contributed by atoms with Crippen molar-refractivity contribution >= 4 is 40.2 Å². The fourth-order valence-electron chi connectivity index (χ4n) is 2.44. The minimum absolute atomic E-state index is 0.136. The fourth-order valence-corrected chi connectivity index (χ4v) is 3.49. The first-order chi connectivity index (χ1) is 12.0. The summed E-state index contributed by atoms with van der Waals surface area (Å²) in [7, 11) is 0. The van der Waals surface area contributed by atoms with Crippen molar-refractivity contribution in [1.82, 2.24) is 10.2 Å². The van der Waals surface area contributed by atoms with Crippen molar-refractivity contribution < 1.29 is 14.3 Å². The topological polar surface area (TPSA) is 58.6 Å². The smallest absolute Gasteiger partial charge is 0.316 e. The molecule has 0 bridgehead atoms. The number of piperidine rings is 1. The Labute approximate surface area is 158 Å². The predicted octanol–water partition coefficient (Wildman–Crippen LogP) is 2.60. The lowest BCUT2D eigenvalue weighted by Crippen LogP contribution is -2.36. The summed E-state index contributed by atoms with van der Waals surface area (Å²) < 4.78 is 5.73.